The summed E-state index contributed by atoms with van der Waals surface area (Å²) in [6, 6.07) is 4.58. The predicted octanol–water partition coefficient (Wildman–Crippen LogP) is 2.66. The lowest BCUT2D eigenvalue weighted by Gasteiger charge is -2.10. The van der Waals surface area contributed by atoms with Crippen LogP contribution in [0.2, 0.25) is 0 Å². The van der Waals surface area contributed by atoms with Crippen molar-refractivity contribution < 1.29 is 19.3 Å². The van der Waals surface area contributed by atoms with E-state index in [2.05, 4.69) is 15.3 Å². The van der Waals surface area contributed by atoms with Crippen molar-refractivity contribution in [3.8, 4) is 17.3 Å². The fourth-order valence-corrected chi connectivity index (χ4v) is 2.39. The van der Waals surface area contributed by atoms with Crippen molar-refractivity contribution in [3.63, 3.8) is 0 Å². The first-order chi connectivity index (χ1) is 12.0. The van der Waals surface area contributed by atoms with Crippen LogP contribution in [-0.2, 0) is 6.61 Å². The number of aryl methyl sites for hydroxylation is 1. The van der Waals surface area contributed by atoms with Crippen molar-refractivity contribution in [1.82, 2.24) is 14.5 Å². The molecule has 7 nitrogen and oxygen atoms in total. The van der Waals surface area contributed by atoms with E-state index in [4.69, 9.17) is 4.74 Å². The van der Waals surface area contributed by atoms with E-state index in [1.807, 2.05) is 6.92 Å². The second-order valence-corrected chi connectivity index (χ2v) is 5.44. The number of anilines is 2. The number of methoxy groups -OCH3 is 1. The molecule has 0 saturated carbocycles. The topological polar surface area (TPSA) is 92.4 Å². The minimum Gasteiger partial charge on any atom is -0.508 e. The maximum Gasteiger partial charge on any atom is 0.229 e. The normalized spacial score (nSPS) is 10.7. The molecule has 0 saturated heterocycles. The van der Waals surface area contributed by atoms with Gasteiger partial charge in [-0.3, -0.25) is 0 Å². The Bertz CT molecular complexity index is 911. The number of nitrogens with one attached hydrogen (secondary N) is 1. The predicted molar refractivity (Wildman–Crippen MR) is 89.9 cm³/mol. The lowest BCUT2D eigenvalue weighted by molar-refractivity contribution is 0.281. The number of phenolic OH excluding ortho intramolecular Hbond substituents is 1. The van der Waals surface area contributed by atoms with Gasteiger partial charge in [-0.05, 0) is 18.1 Å². The summed E-state index contributed by atoms with van der Waals surface area (Å²) in [6.45, 7) is 1.68. The van der Waals surface area contributed by atoms with Crippen molar-refractivity contribution in [3.05, 3.63) is 53.7 Å². The first-order valence-electron chi connectivity index (χ1n) is 7.46. The lowest BCUT2D eigenvalue weighted by Crippen LogP contribution is -2.05. The number of aliphatic hydroxyl groups is 1. The number of ether oxygens (including phenoxy) is 1. The van der Waals surface area contributed by atoms with Crippen molar-refractivity contribution in [2.75, 3.05) is 12.4 Å². The number of aromatic nitrogens is 3. The van der Waals surface area contributed by atoms with Gasteiger partial charge in [0.15, 0.2) is 11.6 Å². The second kappa shape index (κ2) is 6.78. The third-order valence-electron chi connectivity index (χ3n) is 3.66. The maximum absolute atomic E-state index is 14.1. The summed E-state index contributed by atoms with van der Waals surface area (Å²) in [7, 11) is 1.48. The van der Waals surface area contributed by atoms with Crippen LogP contribution in [0, 0.1) is 12.7 Å². The number of benzene rings is 1. The molecule has 3 rings (SSSR count). The highest BCUT2D eigenvalue weighted by molar-refractivity contribution is 5.59. The van der Waals surface area contributed by atoms with Crippen LogP contribution in [0.1, 0.15) is 11.1 Å². The van der Waals surface area contributed by atoms with Crippen LogP contribution in [0.5, 0.6) is 11.5 Å². The molecule has 0 aliphatic rings. The van der Waals surface area contributed by atoms with Crippen LogP contribution >= 0.6 is 0 Å². The zero-order chi connectivity index (χ0) is 18.0. The molecule has 2 heterocycles. The first-order valence-corrected chi connectivity index (χ1v) is 7.46. The summed E-state index contributed by atoms with van der Waals surface area (Å²) in [4.78, 5) is 8.09. The number of hydrogen-bond acceptors (Lipinski definition) is 6. The molecule has 25 heavy (non-hydrogen) atoms. The Morgan fingerprint density at radius 1 is 1.28 bits per heavy atom. The number of aliphatic hydroxyl groups excluding tert-OH is 1. The van der Waals surface area contributed by atoms with E-state index in [1.165, 1.54) is 23.8 Å². The van der Waals surface area contributed by atoms with Gasteiger partial charge in [-0.25, -0.2) is 9.37 Å². The molecule has 3 N–H and O–H groups in total. The highest BCUT2D eigenvalue weighted by Gasteiger charge is 2.12. The number of hydrogen-bond donors (Lipinski definition) is 3. The van der Waals surface area contributed by atoms with E-state index in [1.54, 1.807) is 18.5 Å². The quantitative estimate of drug-likeness (QED) is 0.659. The number of rotatable bonds is 5. The van der Waals surface area contributed by atoms with Crippen molar-refractivity contribution in [1.29, 1.82) is 0 Å². The number of nitrogens with zero attached hydrogens (tertiary/aromatic N) is 3. The molecule has 0 atom stereocenters. The molecule has 2 aromatic heterocycles. The molecule has 3 aromatic rings. The summed E-state index contributed by atoms with van der Waals surface area (Å²) < 4.78 is 20.7. The molecule has 0 radical (unpaired) electrons. The monoisotopic (exact) mass is 344 g/mol. The third kappa shape index (κ3) is 3.53. The Labute approximate surface area is 143 Å². The highest BCUT2D eigenvalue weighted by atomic mass is 19.1. The Morgan fingerprint density at radius 2 is 2.08 bits per heavy atom. The van der Waals surface area contributed by atoms with Crippen LogP contribution in [0.4, 0.5) is 16.0 Å². The molecule has 130 valence electrons. The van der Waals surface area contributed by atoms with Gasteiger partial charge in [0.1, 0.15) is 11.5 Å². The fourth-order valence-electron chi connectivity index (χ4n) is 2.39. The Kier molecular flexibility index (Phi) is 4.53. The van der Waals surface area contributed by atoms with Crippen LogP contribution in [0.15, 0.2) is 36.8 Å². The Morgan fingerprint density at radius 3 is 2.76 bits per heavy atom. The van der Waals surface area contributed by atoms with E-state index in [-0.39, 0.29) is 24.1 Å². The average Bonchev–Trinajstić information content (AvgIpc) is 2.96. The molecule has 0 spiro atoms. The summed E-state index contributed by atoms with van der Waals surface area (Å²) in [5, 5.41) is 21.9. The van der Waals surface area contributed by atoms with E-state index in [0.29, 0.717) is 17.0 Å². The minimum atomic E-state index is -0.599. The highest BCUT2D eigenvalue weighted by Crippen LogP contribution is 2.27. The van der Waals surface area contributed by atoms with Crippen LogP contribution in [0.3, 0.4) is 0 Å². The van der Waals surface area contributed by atoms with Crippen LogP contribution in [0.25, 0.3) is 5.82 Å². The van der Waals surface area contributed by atoms with E-state index >= 15 is 0 Å². The average molecular weight is 344 g/mol. The van der Waals surface area contributed by atoms with Gasteiger partial charge in [0, 0.05) is 36.3 Å². The standard InChI is InChI=1S/C17H17FN4O3/c1-10-7-22(8-11(10)9-23)16-15(18)6-19-17(21-16)20-12-3-13(24)5-14(4-12)25-2/h3-8,23-24H,9H2,1-2H3,(H,19,20,21). The third-order valence-corrected chi connectivity index (χ3v) is 3.66. The minimum absolute atomic E-state index is 0.0119. The van der Waals surface area contributed by atoms with Gasteiger partial charge < -0.3 is 24.8 Å². The summed E-state index contributed by atoms with van der Waals surface area (Å²) >= 11 is 0. The molecule has 0 aliphatic heterocycles. The molecule has 0 bridgehead atoms. The molecule has 0 unspecified atom stereocenters. The van der Waals surface area contributed by atoms with E-state index < -0.39 is 5.82 Å². The summed E-state index contributed by atoms with van der Waals surface area (Å²) in [5.41, 5.74) is 2.01. The van der Waals surface area contributed by atoms with Gasteiger partial charge in [-0.2, -0.15) is 4.98 Å². The van der Waals surface area contributed by atoms with Gasteiger partial charge in [0.25, 0.3) is 0 Å². The van der Waals surface area contributed by atoms with E-state index in [9.17, 15) is 14.6 Å². The van der Waals surface area contributed by atoms with Gasteiger partial charge in [-0.15, -0.1) is 0 Å². The van der Waals surface area contributed by atoms with Gasteiger partial charge >= 0.3 is 0 Å². The molecule has 1 aromatic carbocycles. The molecule has 8 heteroatoms. The van der Waals surface area contributed by atoms with Crippen molar-refractivity contribution in [2.24, 2.45) is 0 Å². The molecule has 0 fully saturated rings. The van der Waals surface area contributed by atoms with Gasteiger partial charge in [0.2, 0.25) is 5.95 Å². The van der Waals surface area contributed by atoms with E-state index in [0.717, 1.165) is 11.8 Å². The zero-order valence-corrected chi connectivity index (χ0v) is 13.7. The largest absolute Gasteiger partial charge is 0.508 e. The van der Waals surface area contributed by atoms with Crippen molar-refractivity contribution >= 4 is 11.6 Å². The maximum atomic E-state index is 14.1. The molecular formula is C17H17FN4O3. The lowest BCUT2D eigenvalue weighted by atomic mass is 10.2. The molecule has 0 amide bonds. The van der Waals surface area contributed by atoms with Gasteiger partial charge in [-0.1, -0.05) is 0 Å². The van der Waals surface area contributed by atoms with Gasteiger partial charge in [0.05, 0.1) is 19.9 Å². The molecule has 0 aliphatic carbocycles. The zero-order valence-electron chi connectivity index (χ0n) is 13.7. The summed E-state index contributed by atoms with van der Waals surface area (Å²) in [5.74, 6) is 0.0724. The second-order valence-electron chi connectivity index (χ2n) is 5.44. The smallest absolute Gasteiger partial charge is 0.229 e. The number of halogens is 1. The first kappa shape index (κ1) is 16.7. The Hall–Kier alpha value is -3.13. The summed E-state index contributed by atoms with van der Waals surface area (Å²) in [6.07, 6.45) is 4.35. The Balaban J connectivity index is 1.95. The molecular weight excluding hydrogens is 327 g/mol. The number of phenols is 1. The van der Waals surface area contributed by atoms with Crippen LogP contribution < -0.4 is 10.1 Å². The van der Waals surface area contributed by atoms with Crippen LogP contribution in [-0.4, -0.2) is 31.9 Å². The fraction of sp³-hybridized carbons (Fsp3) is 0.176. The SMILES string of the molecule is COc1cc(O)cc(Nc2ncc(F)c(-n3cc(C)c(CO)c3)n2)c1. The number of aromatic hydroxyl groups is 1. The van der Waals surface area contributed by atoms with Crippen molar-refractivity contribution in [2.45, 2.75) is 13.5 Å².